The van der Waals surface area contributed by atoms with Gasteiger partial charge in [0.1, 0.15) is 5.82 Å². The van der Waals surface area contributed by atoms with E-state index in [2.05, 4.69) is 41.5 Å². The van der Waals surface area contributed by atoms with Crippen molar-refractivity contribution in [1.82, 2.24) is 20.1 Å². The van der Waals surface area contributed by atoms with E-state index in [9.17, 15) is 9.90 Å². The second-order valence-corrected chi connectivity index (χ2v) is 7.38. The van der Waals surface area contributed by atoms with Crippen LogP contribution in [-0.2, 0) is 5.41 Å². The van der Waals surface area contributed by atoms with Crippen LogP contribution in [-0.4, -0.2) is 38.0 Å². The molecule has 0 spiro atoms. The molecule has 0 saturated heterocycles. The first-order valence-electron chi connectivity index (χ1n) is 7.85. The molecule has 0 atom stereocenters. The molecule has 2 aromatic rings. The van der Waals surface area contributed by atoms with Crippen LogP contribution in [0.3, 0.4) is 0 Å². The third-order valence-corrected chi connectivity index (χ3v) is 3.27. The van der Waals surface area contributed by atoms with E-state index in [-0.39, 0.29) is 12.0 Å². The van der Waals surface area contributed by atoms with Crippen LogP contribution < -0.4 is 10.6 Å². The summed E-state index contributed by atoms with van der Waals surface area (Å²) in [4.78, 5) is 16.4. The Bertz CT molecular complexity index is 696. The average Bonchev–Trinajstić information content (AvgIpc) is 2.89. The first-order chi connectivity index (χ1) is 11.1. The van der Waals surface area contributed by atoms with E-state index in [1.807, 2.05) is 24.3 Å². The van der Waals surface area contributed by atoms with Crippen LogP contribution in [0.2, 0.25) is 0 Å². The van der Waals surface area contributed by atoms with Crippen molar-refractivity contribution in [3.63, 3.8) is 0 Å². The van der Waals surface area contributed by atoms with Crippen LogP contribution in [0, 0.1) is 0 Å². The number of carbonyl (C=O) groups is 1. The number of aromatic nitrogens is 3. The van der Waals surface area contributed by atoms with E-state index in [0.717, 1.165) is 5.69 Å². The highest BCUT2D eigenvalue weighted by atomic mass is 16.3. The van der Waals surface area contributed by atoms with E-state index in [4.69, 9.17) is 0 Å². The molecule has 130 valence electrons. The highest BCUT2D eigenvalue weighted by Gasteiger charge is 2.22. The third-order valence-electron chi connectivity index (χ3n) is 3.27. The maximum absolute atomic E-state index is 12.1. The Morgan fingerprint density at radius 3 is 2.50 bits per heavy atom. The van der Waals surface area contributed by atoms with Crippen molar-refractivity contribution in [2.75, 3.05) is 11.9 Å². The number of hydrogen-bond acceptors (Lipinski definition) is 4. The summed E-state index contributed by atoms with van der Waals surface area (Å²) in [5.41, 5.74) is -0.305. The topological polar surface area (TPSA) is 92.1 Å². The number of hydrogen-bond donors (Lipinski definition) is 3. The van der Waals surface area contributed by atoms with Gasteiger partial charge in [-0.15, -0.1) is 0 Å². The molecule has 0 saturated carbocycles. The summed E-state index contributed by atoms with van der Waals surface area (Å²) in [5.74, 6) is 1.14. The van der Waals surface area contributed by atoms with Gasteiger partial charge in [0.25, 0.3) is 0 Å². The Morgan fingerprint density at radius 1 is 1.25 bits per heavy atom. The number of aliphatic hydroxyl groups is 1. The molecule has 0 aromatic carbocycles. The maximum atomic E-state index is 12.1. The van der Waals surface area contributed by atoms with Crippen molar-refractivity contribution in [3.05, 3.63) is 36.2 Å². The molecule has 2 rings (SSSR count). The van der Waals surface area contributed by atoms with Gasteiger partial charge in [-0.25, -0.2) is 9.78 Å². The van der Waals surface area contributed by atoms with Crippen LogP contribution in [0.1, 0.15) is 40.3 Å². The molecule has 3 N–H and O–H groups in total. The smallest absolute Gasteiger partial charge is 0.320 e. The molecule has 0 radical (unpaired) electrons. The lowest BCUT2D eigenvalue weighted by Crippen LogP contribution is -2.40. The van der Waals surface area contributed by atoms with Crippen LogP contribution >= 0.6 is 0 Å². The molecule has 24 heavy (non-hydrogen) atoms. The first-order valence-corrected chi connectivity index (χ1v) is 7.85. The molecule has 0 fully saturated rings. The molecule has 0 unspecified atom stereocenters. The van der Waals surface area contributed by atoms with Gasteiger partial charge in [0.2, 0.25) is 0 Å². The Labute approximate surface area is 142 Å². The Kier molecular flexibility index (Phi) is 4.94. The summed E-state index contributed by atoms with van der Waals surface area (Å²) >= 11 is 0. The largest absolute Gasteiger partial charge is 0.389 e. The van der Waals surface area contributed by atoms with Crippen LogP contribution in [0.4, 0.5) is 10.6 Å². The third kappa shape index (κ3) is 4.79. The molecule has 0 aliphatic carbocycles. The number of anilines is 1. The van der Waals surface area contributed by atoms with Gasteiger partial charge < -0.3 is 10.4 Å². The summed E-state index contributed by atoms with van der Waals surface area (Å²) in [6, 6.07) is 6.92. The SMILES string of the molecule is CC(C)(O)CNC(=O)Nc1cc(C(C)(C)C)nn1-c1ccccn1. The summed E-state index contributed by atoms with van der Waals surface area (Å²) in [6.45, 7) is 9.55. The highest BCUT2D eigenvalue weighted by molar-refractivity contribution is 5.88. The molecule has 7 nitrogen and oxygen atoms in total. The van der Waals surface area contributed by atoms with Crippen molar-refractivity contribution in [1.29, 1.82) is 0 Å². The normalized spacial score (nSPS) is 12.1. The number of rotatable bonds is 4. The van der Waals surface area contributed by atoms with E-state index in [1.165, 1.54) is 0 Å². The van der Waals surface area contributed by atoms with Crippen molar-refractivity contribution in [2.24, 2.45) is 0 Å². The molecule has 7 heteroatoms. The van der Waals surface area contributed by atoms with E-state index < -0.39 is 11.6 Å². The van der Waals surface area contributed by atoms with Gasteiger partial charge in [0, 0.05) is 24.2 Å². The molecule has 0 bridgehead atoms. The lowest BCUT2D eigenvalue weighted by molar-refractivity contribution is 0.0826. The second-order valence-electron chi connectivity index (χ2n) is 7.38. The molecule has 2 amide bonds. The van der Waals surface area contributed by atoms with E-state index >= 15 is 0 Å². The fourth-order valence-corrected chi connectivity index (χ4v) is 1.95. The zero-order chi connectivity index (χ0) is 18.0. The Balaban J connectivity index is 2.28. The van der Waals surface area contributed by atoms with Gasteiger partial charge in [-0.1, -0.05) is 26.8 Å². The minimum atomic E-state index is -0.977. The number of carbonyl (C=O) groups excluding carboxylic acids is 1. The van der Waals surface area contributed by atoms with Crippen LogP contribution in [0.5, 0.6) is 0 Å². The minimum absolute atomic E-state index is 0.142. The summed E-state index contributed by atoms with van der Waals surface area (Å²) in [7, 11) is 0. The molecule has 2 aromatic heterocycles. The molecular formula is C17H25N5O2. The number of nitrogens with zero attached hydrogens (tertiary/aromatic N) is 3. The molecule has 0 aliphatic heterocycles. The first kappa shape index (κ1) is 17.9. The number of urea groups is 1. The standard InChI is InChI=1S/C17H25N5O2/c1-16(2,3)12-10-14(20-15(23)19-11-17(4,5)24)22(21-12)13-8-6-7-9-18-13/h6-10,24H,11H2,1-5H3,(H2,19,20,23). The summed E-state index contributed by atoms with van der Waals surface area (Å²) < 4.78 is 1.60. The summed E-state index contributed by atoms with van der Waals surface area (Å²) in [6.07, 6.45) is 1.67. The van der Waals surface area contributed by atoms with Crippen LogP contribution in [0.25, 0.3) is 5.82 Å². The summed E-state index contributed by atoms with van der Waals surface area (Å²) in [5, 5.41) is 19.7. The zero-order valence-electron chi connectivity index (χ0n) is 14.8. The molecular weight excluding hydrogens is 306 g/mol. The van der Waals surface area contributed by atoms with Crippen molar-refractivity contribution in [3.8, 4) is 5.82 Å². The van der Waals surface area contributed by atoms with Crippen molar-refractivity contribution in [2.45, 2.75) is 45.6 Å². The Hall–Kier alpha value is -2.41. The predicted octanol–water partition coefficient (Wildman–Crippen LogP) is 2.46. The van der Waals surface area contributed by atoms with Gasteiger partial charge in [0.15, 0.2) is 5.82 Å². The highest BCUT2D eigenvalue weighted by Crippen LogP contribution is 2.25. The predicted molar refractivity (Wildman–Crippen MR) is 93.4 cm³/mol. The van der Waals surface area contributed by atoms with Crippen molar-refractivity contribution >= 4 is 11.8 Å². The fourth-order valence-electron chi connectivity index (χ4n) is 1.95. The van der Waals surface area contributed by atoms with E-state index in [1.54, 1.807) is 24.7 Å². The second kappa shape index (κ2) is 6.60. The number of pyridine rings is 1. The maximum Gasteiger partial charge on any atom is 0.320 e. The van der Waals surface area contributed by atoms with E-state index in [0.29, 0.717) is 11.6 Å². The van der Waals surface area contributed by atoms with Crippen LogP contribution in [0.15, 0.2) is 30.5 Å². The van der Waals surface area contributed by atoms with Gasteiger partial charge in [0.05, 0.1) is 11.3 Å². The monoisotopic (exact) mass is 331 g/mol. The fraction of sp³-hybridized carbons (Fsp3) is 0.471. The lowest BCUT2D eigenvalue weighted by atomic mass is 9.92. The van der Waals surface area contributed by atoms with Gasteiger partial charge in [-0.2, -0.15) is 9.78 Å². The Morgan fingerprint density at radius 2 is 1.96 bits per heavy atom. The molecule has 0 aliphatic rings. The quantitative estimate of drug-likeness (QED) is 0.802. The minimum Gasteiger partial charge on any atom is -0.389 e. The molecule has 2 heterocycles. The lowest BCUT2D eigenvalue weighted by Gasteiger charge is -2.18. The van der Waals surface area contributed by atoms with Crippen molar-refractivity contribution < 1.29 is 9.90 Å². The number of amides is 2. The van der Waals surface area contributed by atoms with Gasteiger partial charge in [-0.3, -0.25) is 5.32 Å². The zero-order valence-corrected chi connectivity index (χ0v) is 14.8. The number of nitrogens with one attached hydrogen (secondary N) is 2. The van der Waals surface area contributed by atoms with Gasteiger partial charge in [-0.05, 0) is 26.0 Å². The average molecular weight is 331 g/mol. The van der Waals surface area contributed by atoms with Gasteiger partial charge >= 0.3 is 6.03 Å².